The molecule has 1 aromatic carbocycles. The van der Waals surface area contributed by atoms with Crippen molar-refractivity contribution in [1.82, 2.24) is 9.88 Å². The van der Waals surface area contributed by atoms with Gasteiger partial charge in [-0.1, -0.05) is 18.2 Å². The fourth-order valence-corrected chi connectivity index (χ4v) is 4.49. The number of morpholine rings is 1. The van der Waals surface area contributed by atoms with Crippen molar-refractivity contribution in [3.05, 3.63) is 75.9 Å². The Morgan fingerprint density at radius 2 is 1.93 bits per heavy atom. The van der Waals surface area contributed by atoms with Crippen molar-refractivity contribution in [2.75, 3.05) is 39.4 Å². The maximum absolute atomic E-state index is 13.3. The molecule has 5 rings (SSSR count). The zero-order valence-corrected chi connectivity index (χ0v) is 16.7. The first-order valence-corrected chi connectivity index (χ1v) is 10.4. The summed E-state index contributed by atoms with van der Waals surface area (Å²) in [5, 5.41) is 0.498. The Bertz CT molecular complexity index is 1120. The summed E-state index contributed by atoms with van der Waals surface area (Å²) in [5.74, 6) is -0.0649. The maximum Gasteiger partial charge on any atom is 0.290 e. The van der Waals surface area contributed by atoms with Gasteiger partial charge in [0.2, 0.25) is 5.76 Å². The molecule has 1 saturated heterocycles. The van der Waals surface area contributed by atoms with Crippen LogP contribution < -0.4 is 10.3 Å². The minimum atomic E-state index is -0.471. The van der Waals surface area contributed by atoms with Crippen LogP contribution in [0.15, 0.2) is 58.0 Å². The molecule has 1 amide bonds. The Morgan fingerprint density at radius 3 is 2.73 bits per heavy atom. The normalized spacial score (nSPS) is 19.4. The SMILES string of the molecule is O=C1c2oc3ccccc3c(=O)c2[C@H](c2cccnc2)N1CCC[NH+]1CCOCC1. The summed E-state index contributed by atoms with van der Waals surface area (Å²) < 4.78 is 11.4. The molecular formula is C23H24N3O4+. The van der Waals surface area contributed by atoms with E-state index in [1.165, 1.54) is 4.90 Å². The summed E-state index contributed by atoms with van der Waals surface area (Å²) in [5.41, 5.74) is 1.55. The number of nitrogens with one attached hydrogen (secondary N) is 1. The molecule has 3 aromatic rings. The minimum absolute atomic E-state index is 0.143. The molecule has 4 heterocycles. The summed E-state index contributed by atoms with van der Waals surface area (Å²) in [6.45, 7) is 5.08. The van der Waals surface area contributed by atoms with Crippen LogP contribution in [0, 0.1) is 0 Å². The number of para-hydroxylation sites is 1. The van der Waals surface area contributed by atoms with E-state index >= 15 is 0 Å². The highest BCUT2D eigenvalue weighted by atomic mass is 16.5. The lowest BCUT2D eigenvalue weighted by Gasteiger charge is -2.27. The van der Waals surface area contributed by atoms with Crippen LogP contribution in [0.2, 0.25) is 0 Å². The van der Waals surface area contributed by atoms with Crippen LogP contribution in [-0.4, -0.2) is 55.2 Å². The highest BCUT2D eigenvalue weighted by Gasteiger charge is 2.42. The lowest BCUT2D eigenvalue weighted by atomic mass is 10.00. The smallest absolute Gasteiger partial charge is 0.290 e. The van der Waals surface area contributed by atoms with Crippen LogP contribution in [0.1, 0.15) is 34.1 Å². The number of quaternary nitrogens is 1. The summed E-state index contributed by atoms with van der Waals surface area (Å²) in [4.78, 5) is 34.1. The second-order valence-electron chi connectivity index (χ2n) is 7.82. The van der Waals surface area contributed by atoms with Crippen molar-refractivity contribution < 1.29 is 18.8 Å². The highest BCUT2D eigenvalue weighted by Crippen LogP contribution is 2.37. The topological polar surface area (TPSA) is 77.1 Å². The fraction of sp³-hybridized carbons (Fsp3) is 0.348. The molecule has 154 valence electrons. The van der Waals surface area contributed by atoms with Crippen molar-refractivity contribution in [2.45, 2.75) is 12.5 Å². The predicted octanol–water partition coefficient (Wildman–Crippen LogP) is 1.04. The molecule has 1 atom stereocenters. The largest absolute Gasteiger partial charge is 0.450 e. The van der Waals surface area contributed by atoms with E-state index < -0.39 is 6.04 Å². The Kier molecular flexibility index (Phi) is 5.06. The number of hydrogen-bond acceptors (Lipinski definition) is 5. The summed E-state index contributed by atoms with van der Waals surface area (Å²) >= 11 is 0. The van der Waals surface area contributed by atoms with Gasteiger partial charge in [-0.25, -0.2) is 0 Å². The van der Waals surface area contributed by atoms with Gasteiger partial charge in [0, 0.05) is 25.4 Å². The second kappa shape index (κ2) is 8.01. The van der Waals surface area contributed by atoms with Gasteiger partial charge in [-0.2, -0.15) is 0 Å². The number of hydrogen-bond donors (Lipinski definition) is 1. The molecule has 0 bridgehead atoms. The molecule has 0 spiro atoms. The lowest BCUT2D eigenvalue weighted by Crippen LogP contribution is -3.14. The van der Waals surface area contributed by atoms with Crippen molar-refractivity contribution >= 4 is 16.9 Å². The van der Waals surface area contributed by atoms with E-state index in [0.29, 0.717) is 23.1 Å². The van der Waals surface area contributed by atoms with Gasteiger partial charge >= 0.3 is 0 Å². The van der Waals surface area contributed by atoms with Crippen LogP contribution in [0.5, 0.6) is 0 Å². The van der Waals surface area contributed by atoms with Crippen molar-refractivity contribution in [3.8, 4) is 0 Å². The first-order chi connectivity index (χ1) is 14.7. The van der Waals surface area contributed by atoms with Gasteiger partial charge in [0.25, 0.3) is 5.91 Å². The maximum atomic E-state index is 13.3. The Hall–Kier alpha value is -3.03. The van der Waals surface area contributed by atoms with E-state index in [1.54, 1.807) is 35.5 Å². The first kappa shape index (κ1) is 19.0. The van der Waals surface area contributed by atoms with Gasteiger partial charge in [-0.05, 0) is 23.8 Å². The van der Waals surface area contributed by atoms with Crippen LogP contribution in [0.25, 0.3) is 11.0 Å². The molecule has 30 heavy (non-hydrogen) atoms. The Balaban J connectivity index is 1.51. The first-order valence-electron chi connectivity index (χ1n) is 10.4. The monoisotopic (exact) mass is 406 g/mol. The summed E-state index contributed by atoms with van der Waals surface area (Å²) in [6.07, 6.45) is 4.26. The molecule has 0 radical (unpaired) electrons. The molecule has 1 N–H and O–H groups in total. The number of amides is 1. The fourth-order valence-electron chi connectivity index (χ4n) is 4.49. The molecular weight excluding hydrogens is 382 g/mol. The minimum Gasteiger partial charge on any atom is -0.450 e. The third-order valence-corrected chi connectivity index (χ3v) is 6.00. The number of ether oxygens (including phenoxy) is 1. The zero-order valence-electron chi connectivity index (χ0n) is 16.7. The van der Waals surface area contributed by atoms with Gasteiger partial charge in [0.1, 0.15) is 18.7 Å². The Labute approximate surface area is 173 Å². The van der Waals surface area contributed by atoms with Gasteiger partial charge in [0.15, 0.2) is 5.43 Å². The van der Waals surface area contributed by atoms with Gasteiger partial charge in [-0.3, -0.25) is 14.6 Å². The average Bonchev–Trinajstić information content (AvgIpc) is 3.07. The summed E-state index contributed by atoms with van der Waals surface area (Å²) in [7, 11) is 0. The number of fused-ring (bicyclic) bond motifs is 2. The summed E-state index contributed by atoms with van der Waals surface area (Å²) in [6, 6.07) is 10.4. The van der Waals surface area contributed by atoms with Crippen molar-refractivity contribution in [2.24, 2.45) is 0 Å². The van der Waals surface area contributed by atoms with Crippen LogP contribution >= 0.6 is 0 Å². The van der Waals surface area contributed by atoms with E-state index in [9.17, 15) is 9.59 Å². The zero-order chi connectivity index (χ0) is 20.5. The van der Waals surface area contributed by atoms with E-state index in [0.717, 1.165) is 44.8 Å². The van der Waals surface area contributed by atoms with Crippen molar-refractivity contribution in [3.63, 3.8) is 0 Å². The lowest BCUT2D eigenvalue weighted by molar-refractivity contribution is -0.908. The molecule has 2 aliphatic heterocycles. The average molecular weight is 406 g/mol. The molecule has 7 heteroatoms. The molecule has 2 aliphatic rings. The van der Waals surface area contributed by atoms with Gasteiger partial charge in [0.05, 0.1) is 36.8 Å². The molecule has 0 aliphatic carbocycles. The van der Waals surface area contributed by atoms with Crippen LogP contribution in [0.3, 0.4) is 0 Å². The molecule has 2 aromatic heterocycles. The molecule has 0 saturated carbocycles. The number of pyridine rings is 1. The number of carbonyl (C=O) groups is 1. The molecule has 7 nitrogen and oxygen atoms in total. The number of benzene rings is 1. The number of nitrogens with zero attached hydrogens (tertiary/aromatic N) is 2. The second-order valence-corrected chi connectivity index (χ2v) is 7.82. The Morgan fingerprint density at radius 1 is 1.10 bits per heavy atom. The van der Waals surface area contributed by atoms with Gasteiger partial charge in [-0.15, -0.1) is 0 Å². The third kappa shape index (κ3) is 3.30. The molecule has 0 unspecified atom stereocenters. The number of carbonyl (C=O) groups excluding carboxylic acids is 1. The quantitative estimate of drug-likeness (QED) is 0.685. The van der Waals surface area contributed by atoms with Crippen LogP contribution in [-0.2, 0) is 4.74 Å². The number of rotatable bonds is 5. The highest BCUT2D eigenvalue weighted by molar-refractivity contribution is 5.99. The molecule has 1 fully saturated rings. The third-order valence-electron chi connectivity index (χ3n) is 6.00. The predicted molar refractivity (Wildman–Crippen MR) is 111 cm³/mol. The standard InChI is InChI=1S/C23H23N3O4/c27-21-17-6-1-2-7-18(17)30-22-19(21)20(16-5-3-8-24-15-16)26(23(22)28)10-4-9-25-11-13-29-14-12-25/h1-3,5-8,15,20H,4,9-14H2/p+1/t20-/m0/s1. The van der Waals surface area contributed by atoms with E-state index in [2.05, 4.69) is 4.98 Å². The van der Waals surface area contributed by atoms with Crippen LogP contribution in [0.4, 0.5) is 0 Å². The number of aromatic nitrogens is 1. The van der Waals surface area contributed by atoms with Crippen molar-refractivity contribution in [1.29, 1.82) is 0 Å². The van der Waals surface area contributed by atoms with E-state index in [1.807, 2.05) is 18.2 Å². The van der Waals surface area contributed by atoms with Gasteiger partial charge < -0.3 is 19.0 Å². The van der Waals surface area contributed by atoms with E-state index in [-0.39, 0.29) is 17.1 Å². The van der Waals surface area contributed by atoms with E-state index in [4.69, 9.17) is 9.15 Å².